The van der Waals surface area contributed by atoms with Crippen LogP contribution in [0.25, 0.3) is 11.3 Å². The fourth-order valence-corrected chi connectivity index (χ4v) is 5.55. The van der Waals surface area contributed by atoms with E-state index in [2.05, 4.69) is 61.4 Å². The Kier molecular flexibility index (Phi) is 6.79. The Labute approximate surface area is 213 Å². The van der Waals surface area contributed by atoms with Gasteiger partial charge in [0.05, 0.1) is 11.3 Å². The fourth-order valence-electron chi connectivity index (χ4n) is 4.50. The van der Waals surface area contributed by atoms with Gasteiger partial charge in [0.15, 0.2) is 0 Å². The lowest BCUT2D eigenvalue weighted by Gasteiger charge is -2.36. The number of carbonyl (C=O) groups excluding carboxylic acids is 1. The van der Waals surface area contributed by atoms with Gasteiger partial charge in [0.1, 0.15) is 16.5 Å². The highest BCUT2D eigenvalue weighted by molar-refractivity contribution is 7.90. The lowest BCUT2D eigenvalue weighted by Crippen LogP contribution is -2.43. The van der Waals surface area contributed by atoms with E-state index in [1.807, 2.05) is 12.1 Å². The van der Waals surface area contributed by atoms with Crippen molar-refractivity contribution in [2.45, 2.75) is 57.4 Å². The molecule has 0 saturated carbocycles. The number of nitrogens with zero attached hydrogens (tertiary/aromatic N) is 3. The van der Waals surface area contributed by atoms with Gasteiger partial charge >= 0.3 is 0 Å². The molecular formula is C27H33N5O3S. The first-order valence-electron chi connectivity index (χ1n) is 12.1. The topological polar surface area (TPSA) is 118 Å². The Morgan fingerprint density at radius 2 is 1.83 bits per heavy atom. The maximum Gasteiger partial charge on any atom is 0.268 e. The molecule has 1 fully saturated rings. The molecule has 1 saturated heterocycles. The van der Waals surface area contributed by atoms with Crippen LogP contribution < -0.4 is 15.4 Å². The molecule has 3 N–H and O–H groups in total. The molecule has 0 aliphatic carbocycles. The Morgan fingerprint density at radius 1 is 1.14 bits per heavy atom. The average molecular weight is 508 g/mol. The van der Waals surface area contributed by atoms with Gasteiger partial charge in [-0.3, -0.25) is 4.79 Å². The summed E-state index contributed by atoms with van der Waals surface area (Å²) in [4.78, 5) is 23.9. The second-order valence-electron chi connectivity index (χ2n) is 10.2. The van der Waals surface area contributed by atoms with E-state index in [0.717, 1.165) is 12.0 Å². The number of anilines is 2. The molecule has 3 heterocycles. The third-order valence-corrected chi connectivity index (χ3v) is 8.63. The molecule has 1 aliphatic heterocycles. The van der Waals surface area contributed by atoms with E-state index in [-0.39, 0.29) is 21.8 Å². The summed E-state index contributed by atoms with van der Waals surface area (Å²) in [5.74, 6) is 0.296. The molecule has 1 amide bonds. The van der Waals surface area contributed by atoms with Gasteiger partial charge in [-0.25, -0.2) is 23.1 Å². The normalized spacial score (nSPS) is 17.4. The van der Waals surface area contributed by atoms with Crippen LogP contribution in [0.15, 0.2) is 59.6 Å². The molecule has 1 atom stereocenters. The number of amides is 1. The molecule has 2 aromatic heterocycles. The molecule has 1 aliphatic rings. The Bertz CT molecular complexity index is 1380. The number of hydrogen-bond donors (Lipinski definition) is 2. The van der Waals surface area contributed by atoms with Gasteiger partial charge in [0.2, 0.25) is 0 Å². The highest BCUT2D eigenvalue weighted by Crippen LogP contribution is 2.39. The van der Waals surface area contributed by atoms with Crippen molar-refractivity contribution in [1.29, 1.82) is 0 Å². The number of pyridine rings is 2. The standard InChI is InChI=1S/C27H33N5O3S/c1-17(2)19-8-10-20(11-9-19)22-13-12-21(25(30-22)32-16-14-18(3)27(32,4)5)26(33)31-36(34,35)23-7-6-15-29-24(23)28/h6-13,15,17-18H,14,16H2,1-5H3,(H2,28,29)(H,31,33). The number of nitrogens with two attached hydrogens (primary N) is 1. The van der Waals surface area contributed by atoms with Gasteiger partial charge in [-0.2, -0.15) is 0 Å². The van der Waals surface area contributed by atoms with Gasteiger partial charge in [-0.05, 0) is 61.9 Å². The summed E-state index contributed by atoms with van der Waals surface area (Å²) in [5.41, 5.74) is 8.53. The van der Waals surface area contributed by atoms with Gasteiger partial charge < -0.3 is 10.6 Å². The third kappa shape index (κ3) is 4.80. The Hall–Kier alpha value is -3.46. The number of aromatic nitrogens is 2. The molecule has 0 radical (unpaired) electrons. The number of sulfonamides is 1. The Morgan fingerprint density at radius 3 is 2.42 bits per heavy atom. The number of benzene rings is 1. The van der Waals surface area contributed by atoms with Crippen LogP contribution in [0.2, 0.25) is 0 Å². The molecule has 1 aromatic carbocycles. The van der Waals surface area contributed by atoms with Crippen LogP contribution in [0.4, 0.5) is 11.6 Å². The second-order valence-corrected chi connectivity index (χ2v) is 11.8. The van der Waals surface area contributed by atoms with Crippen LogP contribution in [0.5, 0.6) is 0 Å². The third-order valence-electron chi connectivity index (χ3n) is 7.25. The quantitative estimate of drug-likeness (QED) is 0.501. The van der Waals surface area contributed by atoms with Crippen molar-refractivity contribution in [2.24, 2.45) is 5.92 Å². The smallest absolute Gasteiger partial charge is 0.268 e. The predicted octanol–water partition coefficient (Wildman–Crippen LogP) is 4.59. The van der Waals surface area contributed by atoms with E-state index < -0.39 is 15.9 Å². The highest BCUT2D eigenvalue weighted by Gasteiger charge is 2.41. The van der Waals surface area contributed by atoms with Crippen LogP contribution in [-0.2, 0) is 10.0 Å². The van der Waals surface area contributed by atoms with E-state index in [1.165, 1.54) is 23.9 Å². The fraction of sp³-hybridized carbons (Fsp3) is 0.370. The predicted molar refractivity (Wildman–Crippen MR) is 142 cm³/mol. The zero-order valence-corrected chi connectivity index (χ0v) is 22.1. The first kappa shape index (κ1) is 25.6. The largest absolute Gasteiger partial charge is 0.383 e. The van der Waals surface area contributed by atoms with Gasteiger partial charge in [0, 0.05) is 23.8 Å². The van der Waals surface area contributed by atoms with Crippen LogP contribution in [-0.4, -0.2) is 36.4 Å². The van der Waals surface area contributed by atoms with Crippen LogP contribution in [0.1, 0.15) is 62.9 Å². The zero-order valence-electron chi connectivity index (χ0n) is 21.3. The molecule has 8 nitrogen and oxygen atoms in total. The van der Waals surface area contributed by atoms with Crippen molar-refractivity contribution in [1.82, 2.24) is 14.7 Å². The molecule has 4 rings (SSSR count). The first-order valence-corrected chi connectivity index (χ1v) is 13.6. The zero-order chi connectivity index (χ0) is 26.3. The van der Waals surface area contributed by atoms with E-state index in [1.54, 1.807) is 12.1 Å². The number of nitrogen functional groups attached to an aromatic ring is 1. The van der Waals surface area contributed by atoms with Crippen molar-refractivity contribution in [3.05, 3.63) is 65.9 Å². The van der Waals surface area contributed by atoms with Crippen LogP contribution >= 0.6 is 0 Å². The summed E-state index contributed by atoms with van der Waals surface area (Å²) in [6.45, 7) is 11.4. The SMILES string of the molecule is CC(C)c1ccc(-c2ccc(C(=O)NS(=O)(=O)c3cccnc3N)c(N3CCC(C)C3(C)C)n2)cc1. The molecular weight excluding hydrogens is 474 g/mol. The minimum Gasteiger partial charge on any atom is -0.383 e. The van der Waals surface area contributed by atoms with Crippen LogP contribution in [0, 0.1) is 5.92 Å². The first-order chi connectivity index (χ1) is 16.9. The van der Waals surface area contributed by atoms with Gasteiger partial charge in [0.25, 0.3) is 15.9 Å². The maximum absolute atomic E-state index is 13.4. The number of rotatable bonds is 6. The summed E-state index contributed by atoms with van der Waals surface area (Å²) < 4.78 is 28.0. The monoisotopic (exact) mass is 507 g/mol. The minimum absolute atomic E-state index is 0.175. The summed E-state index contributed by atoms with van der Waals surface area (Å²) in [7, 11) is -4.23. The van der Waals surface area contributed by atoms with Crippen molar-refractivity contribution < 1.29 is 13.2 Å². The number of nitrogens with one attached hydrogen (secondary N) is 1. The lowest BCUT2D eigenvalue weighted by molar-refractivity contribution is 0.0981. The molecule has 1 unspecified atom stereocenters. The van der Waals surface area contributed by atoms with Crippen molar-refractivity contribution in [3.63, 3.8) is 0 Å². The van der Waals surface area contributed by atoms with E-state index in [9.17, 15) is 13.2 Å². The number of hydrogen-bond acceptors (Lipinski definition) is 7. The average Bonchev–Trinajstić information content (AvgIpc) is 3.10. The maximum atomic E-state index is 13.4. The highest BCUT2D eigenvalue weighted by atomic mass is 32.2. The van der Waals surface area contributed by atoms with E-state index in [4.69, 9.17) is 10.7 Å². The minimum atomic E-state index is -4.23. The summed E-state index contributed by atoms with van der Waals surface area (Å²) in [6, 6.07) is 14.4. The summed E-state index contributed by atoms with van der Waals surface area (Å²) >= 11 is 0. The van der Waals surface area contributed by atoms with E-state index >= 15 is 0 Å². The van der Waals surface area contributed by atoms with Crippen molar-refractivity contribution in [3.8, 4) is 11.3 Å². The Balaban J connectivity index is 1.76. The molecule has 0 bridgehead atoms. The molecule has 0 spiro atoms. The molecule has 9 heteroatoms. The van der Waals surface area contributed by atoms with Crippen molar-refractivity contribution in [2.75, 3.05) is 17.2 Å². The number of carbonyl (C=O) groups is 1. The lowest BCUT2D eigenvalue weighted by atomic mass is 9.90. The second kappa shape index (κ2) is 9.54. The van der Waals surface area contributed by atoms with Gasteiger partial charge in [-0.1, -0.05) is 45.0 Å². The van der Waals surface area contributed by atoms with E-state index in [0.29, 0.717) is 29.9 Å². The summed E-state index contributed by atoms with van der Waals surface area (Å²) in [5, 5.41) is 0. The summed E-state index contributed by atoms with van der Waals surface area (Å²) in [6.07, 6.45) is 2.33. The molecule has 36 heavy (non-hydrogen) atoms. The van der Waals surface area contributed by atoms with Crippen LogP contribution in [0.3, 0.4) is 0 Å². The molecule has 3 aromatic rings. The van der Waals surface area contributed by atoms with Gasteiger partial charge in [-0.15, -0.1) is 0 Å². The molecule has 190 valence electrons. The van der Waals surface area contributed by atoms with Crippen molar-refractivity contribution >= 4 is 27.6 Å².